The van der Waals surface area contributed by atoms with E-state index in [2.05, 4.69) is 24.1 Å². The highest BCUT2D eigenvalue weighted by atomic mass is 15.2. The molecule has 2 saturated carbocycles. The largest absolute Gasteiger partial charge is 0.316 e. The summed E-state index contributed by atoms with van der Waals surface area (Å²) in [6, 6.07) is 1.61. The summed E-state index contributed by atoms with van der Waals surface area (Å²) in [5.41, 5.74) is 0. The Balaban J connectivity index is 1.56. The van der Waals surface area contributed by atoms with Gasteiger partial charge in [0.25, 0.3) is 0 Å². The smallest absolute Gasteiger partial charge is 0.0101 e. The first kappa shape index (κ1) is 14.8. The Labute approximate surface area is 125 Å². The van der Waals surface area contributed by atoms with E-state index in [1.807, 2.05) is 0 Å². The first-order valence-electron chi connectivity index (χ1n) is 9.20. The lowest BCUT2D eigenvalue weighted by Gasteiger charge is -2.42. The fourth-order valence-corrected chi connectivity index (χ4v) is 4.66. The summed E-state index contributed by atoms with van der Waals surface area (Å²) in [4.78, 5) is 2.87. The third kappa shape index (κ3) is 3.76. The van der Waals surface area contributed by atoms with E-state index < -0.39 is 0 Å². The van der Waals surface area contributed by atoms with Crippen molar-refractivity contribution in [2.45, 2.75) is 77.3 Å². The molecule has 3 unspecified atom stereocenters. The molecular formula is C18H34N2. The van der Waals surface area contributed by atoms with Gasteiger partial charge in [-0.15, -0.1) is 0 Å². The van der Waals surface area contributed by atoms with E-state index in [1.165, 1.54) is 71.0 Å². The van der Waals surface area contributed by atoms with Gasteiger partial charge in [0.2, 0.25) is 0 Å². The second-order valence-electron chi connectivity index (χ2n) is 7.92. The van der Waals surface area contributed by atoms with Gasteiger partial charge in [-0.3, -0.25) is 4.90 Å². The van der Waals surface area contributed by atoms with Crippen LogP contribution in [-0.4, -0.2) is 36.6 Å². The van der Waals surface area contributed by atoms with Crippen molar-refractivity contribution < 1.29 is 0 Å². The van der Waals surface area contributed by atoms with Crippen molar-refractivity contribution in [1.29, 1.82) is 0 Å². The van der Waals surface area contributed by atoms with E-state index in [0.717, 1.165) is 29.8 Å². The number of hydrogen-bond donors (Lipinski definition) is 1. The topological polar surface area (TPSA) is 15.3 Å². The first-order chi connectivity index (χ1) is 9.74. The lowest BCUT2D eigenvalue weighted by atomic mass is 9.81. The average Bonchev–Trinajstić information content (AvgIpc) is 3.30. The summed E-state index contributed by atoms with van der Waals surface area (Å²) in [7, 11) is 0. The predicted octanol–water partition coefficient (Wildman–Crippen LogP) is 3.67. The average molecular weight is 278 g/mol. The summed E-state index contributed by atoms with van der Waals surface area (Å²) in [6.07, 6.45) is 11.9. The molecule has 3 aliphatic rings. The zero-order valence-corrected chi connectivity index (χ0v) is 13.6. The van der Waals surface area contributed by atoms with Gasteiger partial charge in [0.1, 0.15) is 0 Å². The van der Waals surface area contributed by atoms with Crippen LogP contribution in [0.1, 0.15) is 65.2 Å². The quantitative estimate of drug-likeness (QED) is 0.825. The van der Waals surface area contributed by atoms with Crippen molar-refractivity contribution in [3.8, 4) is 0 Å². The maximum atomic E-state index is 3.59. The Bertz CT molecular complexity index is 292. The standard InChI is InChI=1S/C18H34N2/c1-14(2)20(13-15-5-4-10-19-12-15)18-7-3-6-17(11-18)16-8-9-16/h14-19H,3-13H2,1-2H3. The highest BCUT2D eigenvalue weighted by molar-refractivity contribution is 4.90. The van der Waals surface area contributed by atoms with Crippen LogP contribution in [0.5, 0.6) is 0 Å². The normalized spacial score (nSPS) is 35.7. The molecule has 0 radical (unpaired) electrons. The second-order valence-corrected chi connectivity index (χ2v) is 7.92. The summed E-state index contributed by atoms with van der Waals surface area (Å²) >= 11 is 0. The van der Waals surface area contributed by atoms with E-state index in [4.69, 9.17) is 0 Å². The molecule has 0 aromatic heterocycles. The van der Waals surface area contributed by atoms with Crippen LogP contribution < -0.4 is 5.32 Å². The Morgan fingerprint density at radius 3 is 2.50 bits per heavy atom. The maximum Gasteiger partial charge on any atom is 0.0101 e. The van der Waals surface area contributed by atoms with Gasteiger partial charge in [-0.05, 0) is 83.2 Å². The monoisotopic (exact) mass is 278 g/mol. The number of nitrogens with zero attached hydrogens (tertiary/aromatic N) is 1. The van der Waals surface area contributed by atoms with Crippen molar-refractivity contribution >= 4 is 0 Å². The molecule has 20 heavy (non-hydrogen) atoms. The molecule has 116 valence electrons. The van der Waals surface area contributed by atoms with E-state index in [-0.39, 0.29) is 0 Å². The molecular weight excluding hydrogens is 244 g/mol. The zero-order chi connectivity index (χ0) is 13.9. The minimum Gasteiger partial charge on any atom is -0.316 e. The highest BCUT2D eigenvalue weighted by Gasteiger charge is 2.37. The molecule has 0 aromatic rings. The highest BCUT2D eigenvalue weighted by Crippen LogP contribution is 2.45. The van der Waals surface area contributed by atoms with Gasteiger partial charge in [0.05, 0.1) is 0 Å². The van der Waals surface area contributed by atoms with E-state index in [9.17, 15) is 0 Å². The van der Waals surface area contributed by atoms with Crippen molar-refractivity contribution in [1.82, 2.24) is 10.2 Å². The molecule has 1 N–H and O–H groups in total. The molecule has 1 aliphatic heterocycles. The molecule has 2 aliphatic carbocycles. The van der Waals surface area contributed by atoms with Gasteiger partial charge in [-0.1, -0.05) is 12.8 Å². The molecule has 0 bridgehead atoms. The zero-order valence-electron chi connectivity index (χ0n) is 13.6. The first-order valence-corrected chi connectivity index (χ1v) is 9.20. The SMILES string of the molecule is CC(C)N(CC1CCCNC1)C1CCCC(C2CC2)C1. The van der Waals surface area contributed by atoms with Crippen LogP contribution in [-0.2, 0) is 0 Å². The van der Waals surface area contributed by atoms with Crippen LogP contribution in [0.4, 0.5) is 0 Å². The van der Waals surface area contributed by atoms with Gasteiger partial charge < -0.3 is 5.32 Å². The van der Waals surface area contributed by atoms with Crippen molar-refractivity contribution in [3.63, 3.8) is 0 Å². The minimum atomic E-state index is 0.722. The van der Waals surface area contributed by atoms with E-state index >= 15 is 0 Å². The van der Waals surface area contributed by atoms with Crippen LogP contribution in [0.25, 0.3) is 0 Å². The number of hydrogen-bond acceptors (Lipinski definition) is 2. The Morgan fingerprint density at radius 2 is 1.85 bits per heavy atom. The molecule has 2 nitrogen and oxygen atoms in total. The maximum absolute atomic E-state index is 3.59. The molecule has 3 fully saturated rings. The molecule has 3 atom stereocenters. The fraction of sp³-hybridized carbons (Fsp3) is 1.00. The van der Waals surface area contributed by atoms with Crippen molar-refractivity contribution in [2.75, 3.05) is 19.6 Å². The summed E-state index contributed by atoms with van der Waals surface area (Å²) in [5, 5.41) is 3.59. The summed E-state index contributed by atoms with van der Waals surface area (Å²) in [6.45, 7) is 8.66. The summed E-state index contributed by atoms with van der Waals surface area (Å²) < 4.78 is 0. The second kappa shape index (κ2) is 6.79. The molecule has 1 heterocycles. The van der Waals surface area contributed by atoms with Crippen LogP contribution in [0, 0.1) is 17.8 Å². The number of nitrogens with one attached hydrogen (secondary N) is 1. The third-order valence-corrected chi connectivity index (χ3v) is 5.98. The molecule has 0 amide bonds. The van der Waals surface area contributed by atoms with Gasteiger partial charge in [-0.25, -0.2) is 0 Å². The Hall–Kier alpha value is -0.0800. The van der Waals surface area contributed by atoms with E-state index in [1.54, 1.807) is 0 Å². The van der Waals surface area contributed by atoms with Crippen LogP contribution in [0.15, 0.2) is 0 Å². The third-order valence-electron chi connectivity index (χ3n) is 5.98. The molecule has 3 rings (SSSR count). The predicted molar refractivity (Wildman–Crippen MR) is 85.9 cm³/mol. The molecule has 0 spiro atoms. The van der Waals surface area contributed by atoms with Crippen LogP contribution in [0.2, 0.25) is 0 Å². The fourth-order valence-electron chi connectivity index (χ4n) is 4.66. The molecule has 0 aromatic carbocycles. The number of piperidine rings is 1. The van der Waals surface area contributed by atoms with Gasteiger partial charge in [-0.2, -0.15) is 0 Å². The Kier molecular flexibility index (Phi) is 5.04. The number of rotatable bonds is 5. The van der Waals surface area contributed by atoms with Crippen molar-refractivity contribution in [3.05, 3.63) is 0 Å². The minimum absolute atomic E-state index is 0.722. The van der Waals surface area contributed by atoms with Crippen LogP contribution in [0.3, 0.4) is 0 Å². The Morgan fingerprint density at radius 1 is 1.00 bits per heavy atom. The van der Waals surface area contributed by atoms with Gasteiger partial charge >= 0.3 is 0 Å². The lowest BCUT2D eigenvalue weighted by Crippen LogP contribution is -2.48. The van der Waals surface area contributed by atoms with Crippen molar-refractivity contribution in [2.24, 2.45) is 17.8 Å². The van der Waals surface area contributed by atoms with Gasteiger partial charge in [0, 0.05) is 18.6 Å². The molecule has 2 heteroatoms. The lowest BCUT2D eigenvalue weighted by molar-refractivity contribution is 0.0727. The van der Waals surface area contributed by atoms with Gasteiger partial charge in [0.15, 0.2) is 0 Å². The summed E-state index contributed by atoms with van der Waals surface area (Å²) in [5.74, 6) is 3.08. The molecule has 1 saturated heterocycles. The van der Waals surface area contributed by atoms with Crippen LogP contribution >= 0.6 is 0 Å². The van der Waals surface area contributed by atoms with E-state index in [0.29, 0.717) is 0 Å².